The molecule has 2 atom stereocenters. The third-order valence-electron chi connectivity index (χ3n) is 4.09. The van der Waals surface area contributed by atoms with Crippen LogP contribution in [0.25, 0.3) is 0 Å². The molecule has 112 valence electrons. The number of rotatable bonds is 2. The molecule has 0 aliphatic carbocycles. The minimum atomic E-state index is -0.872. The number of ether oxygens (including phenoxy) is 2. The molecule has 0 spiro atoms. The smallest absolute Gasteiger partial charge is 0.311 e. The minimum Gasteiger partial charge on any atom is -0.485 e. The Bertz CT molecular complexity index is 587. The number of carboxylic acid groups (broad SMARTS) is 1. The van der Waals surface area contributed by atoms with Crippen molar-refractivity contribution >= 4 is 11.9 Å². The highest BCUT2D eigenvalue weighted by Gasteiger charge is 2.44. The van der Waals surface area contributed by atoms with Crippen molar-refractivity contribution in [2.24, 2.45) is 5.41 Å². The standard InChI is InChI=1S/C15H17NO5/c1-15(14(18)19)6-7-16(9-15)13(17)12-8-20-10-4-2-3-5-11(10)21-12/h2-5,12H,6-9H2,1H3,(H,18,19)/t12-,15-/m0/s1. The van der Waals surface area contributed by atoms with Crippen LogP contribution in [0.2, 0.25) is 0 Å². The van der Waals surface area contributed by atoms with Crippen LogP contribution in [-0.2, 0) is 9.59 Å². The van der Waals surface area contributed by atoms with Gasteiger partial charge in [-0.15, -0.1) is 0 Å². The van der Waals surface area contributed by atoms with Gasteiger partial charge >= 0.3 is 5.97 Å². The molecule has 1 amide bonds. The zero-order chi connectivity index (χ0) is 15.0. The lowest BCUT2D eigenvalue weighted by molar-refractivity contribution is -0.148. The van der Waals surface area contributed by atoms with Crippen LogP contribution in [-0.4, -0.2) is 47.7 Å². The molecule has 6 heteroatoms. The number of amides is 1. The predicted octanol–water partition coefficient (Wildman–Crippen LogP) is 1.15. The Morgan fingerprint density at radius 2 is 2.05 bits per heavy atom. The fraction of sp³-hybridized carbons (Fsp3) is 0.467. The molecular weight excluding hydrogens is 274 g/mol. The molecule has 1 N–H and O–H groups in total. The Labute approximate surface area is 122 Å². The fourth-order valence-electron chi connectivity index (χ4n) is 2.67. The van der Waals surface area contributed by atoms with Crippen LogP contribution in [0.4, 0.5) is 0 Å². The number of likely N-dealkylation sites (tertiary alicyclic amines) is 1. The number of hydrogen-bond donors (Lipinski definition) is 1. The Kier molecular flexibility index (Phi) is 3.23. The summed E-state index contributed by atoms with van der Waals surface area (Å²) in [6.45, 7) is 2.46. The Morgan fingerprint density at radius 1 is 1.33 bits per heavy atom. The summed E-state index contributed by atoms with van der Waals surface area (Å²) >= 11 is 0. The summed E-state index contributed by atoms with van der Waals surface area (Å²) in [6, 6.07) is 7.18. The van der Waals surface area contributed by atoms with Crippen LogP contribution in [0.1, 0.15) is 13.3 Å². The number of hydrogen-bond acceptors (Lipinski definition) is 4. The molecule has 0 bridgehead atoms. The Balaban J connectivity index is 1.69. The van der Waals surface area contributed by atoms with Gasteiger partial charge in [0.15, 0.2) is 11.5 Å². The van der Waals surface area contributed by atoms with E-state index in [0.717, 1.165) is 0 Å². The van der Waals surface area contributed by atoms with Crippen molar-refractivity contribution in [3.8, 4) is 11.5 Å². The van der Waals surface area contributed by atoms with Crippen LogP contribution in [0.15, 0.2) is 24.3 Å². The van der Waals surface area contributed by atoms with Gasteiger partial charge in [-0.25, -0.2) is 0 Å². The first-order chi connectivity index (χ1) is 9.99. The number of para-hydroxylation sites is 2. The summed E-state index contributed by atoms with van der Waals surface area (Å²) in [5.41, 5.74) is -0.872. The van der Waals surface area contributed by atoms with E-state index in [4.69, 9.17) is 9.47 Å². The van der Waals surface area contributed by atoms with Gasteiger partial charge < -0.3 is 19.5 Å². The van der Waals surface area contributed by atoms with Gasteiger partial charge in [0.1, 0.15) is 6.61 Å². The van der Waals surface area contributed by atoms with E-state index in [2.05, 4.69) is 0 Å². The highest BCUT2D eigenvalue weighted by molar-refractivity contribution is 5.84. The molecule has 1 aromatic carbocycles. The maximum absolute atomic E-state index is 12.4. The number of carboxylic acids is 1. The van der Waals surface area contributed by atoms with Gasteiger partial charge in [-0.05, 0) is 25.5 Å². The van der Waals surface area contributed by atoms with Crippen LogP contribution in [0.3, 0.4) is 0 Å². The van der Waals surface area contributed by atoms with Crippen LogP contribution in [0.5, 0.6) is 11.5 Å². The topological polar surface area (TPSA) is 76.1 Å². The lowest BCUT2D eigenvalue weighted by atomic mass is 9.90. The predicted molar refractivity (Wildman–Crippen MR) is 73.3 cm³/mol. The first kappa shape index (κ1) is 13.7. The lowest BCUT2D eigenvalue weighted by Gasteiger charge is -2.29. The highest BCUT2D eigenvalue weighted by atomic mass is 16.6. The first-order valence-electron chi connectivity index (χ1n) is 6.90. The number of benzene rings is 1. The van der Waals surface area contributed by atoms with Gasteiger partial charge in [-0.2, -0.15) is 0 Å². The number of carbonyl (C=O) groups excluding carboxylic acids is 1. The molecule has 0 unspecified atom stereocenters. The molecule has 0 aromatic heterocycles. The summed E-state index contributed by atoms with van der Waals surface area (Å²) in [5, 5.41) is 9.22. The zero-order valence-corrected chi connectivity index (χ0v) is 11.7. The quantitative estimate of drug-likeness (QED) is 0.884. The van der Waals surface area contributed by atoms with Crippen LogP contribution in [0, 0.1) is 5.41 Å². The molecule has 21 heavy (non-hydrogen) atoms. The van der Waals surface area contributed by atoms with E-state index in [0.29, 0.717) is 24.5 Å². The van der Waals surface area contributed by atoms with Crippen molar-refractivity contribution in [1.29, 1.82) is 0 Å². The summed E-state index contributed by atoms with van der Waals surface area (Å²) < 4.78 is 11.2. The van der Waals surface area contributed by atoms with Gasteiger partial charge in [0.25, 0.3) is 5.91 Å². The summed E-state index contributed by atoms with van der Waals surface area (Å²) in [4.78, 5) is 25.2. The fourth-order valence-corrected chi connectivity index (χ4v) is 2.67. The van der Waals surface area contributed by atoms with Crippen molar-refractivity contribution in [2.45, 2.75) is 19.4 Å². The molecule has 1 aromatic rings. The van der Waals surface area contributed by atoms with E-state index in [1.165, 1.54) is 0 Å². The monoisotopic (exact) mass is 291 g/mol. The van der Waals surface area contributed by atoms with E-state index in [1.807, 2.05) is 12.1 Å². The third kappa shape index (κ3) is 2.41. The van der Waals surface area contributed by atoms with Gasteiger partial charge in [0.2, 0.25) is 6.10 Å². The van der Waals surface area contributed by atoms with E-state index >= 15 is 0 Å². The van der Waals surface area contributed by atoms with Gasteiger partial charge in [-0.1, -0.05) is 12.1 Å². The molecule has 0 radical (unpaired) electrons. The van der Waals surface area contributed by atoms with E-state index in [9.17, 15) is 14.7 Å². The molecule has 0 saturated carbocycles. The summed E-state index contributed by atoms with van der Waals surface area (Å²) in [6.07, 6.45) is -0.255. The lowest BCUT2D eigenvalue weighted by Crippen LogP contribution is -2.46. The molecule has 6 nitrogen and oxygen atoms in total. The first-order valence-corrected chi connectivity index (χ1v) is 6.90. The van der Waals surface area contributed by atoms with E-state index in [1.54, 1.807) is 24.0 Å². The number of aliphatic carboxylic acids is 1. The largest absolute Gasteiger partial charge is 0.485 e. The zero-order valence-electron chi connectivity index (χ0n) is 11.7. The Morgan fingerprint density at radius 3 is 2.71 bits per heavy atom. The van der Waals surface area contributed by atoms with Gasteiger partial charge in [0.05, 0.1) is 5.41 Å². The van der Waals surface area contributed by atoms with Crippen LogP contribution < -0.4 is 9.47 Å². The second-order valence-electron chi connectivity index (χ2n) is 5.74. The van der Waals surface area contributed by atoms with Crippen LogP contribution >= 0.6 is 0 Å². The van der Waals surface area contributed by atoms with Crippen molar-refractivity contribution < 1.29 is 24.2 Å². The van der Waals surface area contributed by atoms with E-state index < -0.39 is 17.5 Å². The maximum Gasteiger partial charge on any atom is 0.311 e. The molecular formula is C15H17NO5. The second kappa shape index (κ2) is 4.95. The Hall–Kier alpha value is -2.24. The molecule has 1 saturated heterocycles. The van der Waals surface area contributed by atoms with E-state index in [-0.39, 0.29) is 19.1 Å². The van der Waals surface area contributed by atoms with Crippen molar-refractivity contribution in [1.82, 2.24) is 4.90 Å². The average Bonchev–Trinajstić information content (AvgIpc) is 2.90. The molecule has 2 aliphatic rings. The van der Waals surface area contributed by atoms with Gasteiger partial charge in [-0.3, -0.25) is 9.59 Å². The SMILES string of the molecule is C[C@]1(C(=O)O)CCN(C(=O)[C@@H]2COc3ccccc3O2)C1. The number of carbonyl (C=O) groups is 2. The summed E-state index contributed by atoms with van der Waals surface area (Å²) in [5.74, 6) is 0.0825. The highest BCUT2D eigenvalue weighted by Crippen LogP contribution is 2.34. The average molecular weight is 291 g/mol. The molecule has 1 fully saturated rings. The van der Waals surface area contributed by atoms with Crippen molar-refractivity contribution in [3.05, 3.63) is 24.3 Å². The molecule has 2 heterocycles. The van der Waals surface area contributed by atoms with Gasteiger partial charge in [0, 0.05) is 13.1 Å². The number of fused-ring (bicyclic) bond motifs is 1. The molecule has 3 rings (SSSR count). The maximum atomic E-state index is 12.4. The molecule has 2 aliphatic heterocycles. The third-order valence-corrected chi connectivity index (χ3v) is 4.09. The number of nitrogens with zero attached hydrogens (tertiary/aromatic N) is 1. The van der Waals surface area contributed by atoms with Crippen molar-refractivity contribution in [3.63, 3.8) is 0 Å². The summed E-state index contributed by atoms with van der Waals surface area (Å²) in [7, 11) is 0. The second-order valence-corrected chi connectivity index (χ2v) is 5.74. The minimum absolute atomic E-state index is 0.149. The van der Waals surface area contributed by atoms with Crippen molar-refractivity contribution in [2.75, 3.05) is 19.7 Å². The normalized spacial score (nSPS) is 27.5.